The quantitative estimate of drug-likeness (QED) is 0.898. The van der Waals surface area contributed by atoms with E-state index in [-0.39, 0.29) is 11.9 Å². The minimum absolute atomic E-state index is 0.0811. The van der Waals surface area contributed by atoms with Crippen LogP contribution in [0.15, 0.2) is 42.5 Å². The van der Waals surface area contributed by atoms with Gasteiger partial charge in [-0.05, 0) is 48.9 Å². The molecule has 0 saturated heterocycles. The lowest BCUT2D eigenvalue weighted by Crippen LogP contribution is -2.04. The Bertz CT molecular complexity index is 540. The van der Waals surface area contributed by atoms with Crippen LogP contribution >= 0.6 is 11.6 Å². The van der Waals surface area contributed by atoms with Crippen LogP contribution < -0.4 is 10.5 Å². The highest BCUT2D eigenvalue weighted by atomic mass is 35.5. The second-order valence-electron chi connectivity index (χ2n) is 4.03. The molecule has 2 nitrogen and oxygen atoms in total. The van der Waals surface area contributed by atoms with Crippen LogP contribution in [0, 0.1) is 5.82 Å². The maximum atomic E-state index is 12.8. The summed E-state index contributed by atoms with van der Waals surface area (Å²) >= 11 is 6.10. The molecule has 0 saturated carbocycles. The minimum atomic E-state index is -0.305. The largest absolute Gasteiger partial charge is 0.456 e. The first-order valence-corrected chi connectivity index (χ1v) is 5.92. The predicted molar refractivity (Wildman–Crippen MR) is 70.5 cm³/mol. The van der Waals surface area contributed by atoms with Crippen molar-refractivity contribution in [1.29, 1.82) is 0 Å². The maximum Gasteiger partial charge on any atom is 0.146 e. The van der Waals surface area contributed by atoms with E-state index in [1.807, 2.05) is 13.0 Å². The topological polar surface area (TPSA) is 35.2 Å². The number of halogens is 2. The summed E-state index contributed by atoms with van der Waals surface area (Å²) in [6.07, 6.45) is 0. The average Bonchev–Trinajstić information content (AvgIpc) is 2.34. The lowest BCUT2D eigenvalue weighted by atomic mass is 10.1. The Morgan fingerprint density at radius 3 is 2.39 bits per heavy atom. The van der Waals surface area contributed by atoms with Crippen molar-refractivity contribution >= 4 is 11.6 Å². The van der Waals surface area contributed by atoms with Crippen molar-refractivity contribution < 1.29 is 9.13 Å². The molecule has 2 aromatic carbocycles. The number of ether oxygens (including phenoxy) is 1. The van der Waals surface area contributed by atoms with Gasteiger partial charge in [-0.2, -0.15) is 0 Å². The summed E-state index contributed by atoms with van der Waals surface area (Å²) in [5, 5.41) is 0.481. The summed E-state index contributed by atoms with van der Waals surface area (Å²) in [6, 6.07) is 11.1. The number of rotatable bonds is 3. The second kappa shape index (κ2) is 5.38. The van der Waals surface area contributed by atoms with Gasteiger partial charge in [0.2, 0.25) is 0 Å². The number of benzene rings is 2. The summed E-state index contributed by atoms with van der Waals surface area (Å²) in [6.45, 7) is 1.88. The SMILES string of the molecule is CC(N)c1ccc(Oc2ccc(F)cc2)c(Cl)c1. The zero-order valence-electron chi connectivity index (χ0n) is 9.86. The molecule has 2 N–H and O–H groups in total. The summed E-state index contributed by atoms with van der Waals surface area (Å²) in [4.78, 5) is 0. The van der Waals surface area contributed by atoms with Gasteiger partial charge < -0.3 is 10.5 Å². The van der Waals surface area contributed by atoms with Crippen LogP contribution in [-0.4, -0.2) is 0 Å². The third-order valence-electron chi connectivity index (χ3n) is 2.52. The molecule has 0 spiro atoms. The van der Waals surface area contributed by atoms with E-state index in [0.717, 1.165) is 5.56 Å². The van der Waals surface area contributed by atoms with Crippen molar-refractivity contribution in [2.45, 2.75) is 13.0 Å². The molecule has 18 heavy (non-hydrogen) atoms. The Hall–Kier alpha value is -1.58. The smallest absolute Gasteiger partial charge is 0.146 e. The molecule has 1 atom stereocenters. The summed E-state index contributed by atoms with van der Waals surface area (Å²) < 4.78 is 18.3. The maximum absolute atomic E-state index is 12.8. The van der Waals surface area contributed by atoms with E-state index in [1.54, 1.807) is 24.3 Å². The molecule has 0 aliphatic heterocycles. The molecule has 4 heteroatoms. The highest BCUT2D eigenvalue weighted by Gasteiger charge is 2.07. The third kappa shape index (κ3) is 3.00. The van der Waals surface area contributed by atoms with Crippen molar-refractivity contribution in [1.82, 2.24) is 0 Å². The predicted octanol–water partition coefficient (Wildman–Crippen LogP) is 4.29. The van der Waals surface area contributed by atoms with Gasteiger partial charge in [-0.15, -0.1) is 0 Å². The molecule has 2 rings (SSSR count). The highest BCUT2D eigenvalue weighted by molar-refractivity contribution is 6.32. The van der Waals surface area contributed by atoms with Gasteiger partial charge in [-0.1, -0.05) is 17.7 Å². The molecule has 0 radical (unpaired) electrons. The average molecular weight is 266 g/mol. The summed E-state index contributed by atoms with van der Waals surface area (Å²) in [7, 11) is 0. The Labute approximate surface area is 110 Å². The molecule has 94 valence electrons. The summed E-state index contributed by atoms with van der Waals surface area (Å²) in [5.41, 5.74) is 6.70. The van der Waals surface area contributed by atoms with E-state index < -0.39 is 0 Å². The molecule has 1 unspecified atom stereocenters. The first-order chi connectivity index (χ1) is 8.56. The highest BCUT2D eigenvalue weighted by Crippen LogP contribution is 2.31. The number of hydrogen-bond donors (Lipinski definition) is 1. The van der Waals surface area contributed by atoms with Crippen LogP contribution in [-0.2, 0) is 0 Å². The fourth-order valence-electron chi connectivity index (χ4n) is 1.51. The Balaban J connectivity index is 2.22. The first kappa shape index (κ1) is 12.9. The normalized spacial score (nSPS) is 12.2. The molecular formula is C14H13ClFNO. The van der Waals surface area contributed by atoms with E-state index in [4.69, 9.17) is 22.1 Å². The van der Waals surface area contributed by atoms with Gasteiger partial charge in [0.05, 0.1) is 5.02 Å². The number of nitrogens with two attached hydrogens (primary N) is 1. The minimum Gasteiger partial charge on any atom is -0.456 e. The molecule has 0 aliphatic rings. The number of hydrogen-bond acceptors (Lipinski definition) is 2. The van der Waals surface area contributed by atoms with Crippen molar-refractivity contribution in [3.05, 3.63) is 58.9 Å². The molecule has 0 heterocycles. The van der Waals surface area contributed by atoms with Gasteiger partial charge in [0.25, 0.3) is 0 Å². The Kier molecular flexibility index (Phi) is 3.84. The van der Waals surface area contributed by atoms with Crippen LogP contribution in [0.5, 0.6) is 11.5 Å². The van der Waals surface area contributed by atoms with Gasteiger partial charge in [0.1, 0.15) is 17.3 Å². The molecule has 0 fully saturated rings. The van der Waals surface area contributed by atoms with E-state index in [9.17, 15) is 4.39 Å². The standard InChI is InChI=1S/C14H13ClFNO/c1-9(17)10-2-7-14(13(15)8-10)18-12-5-3-11(16)4-6-12/h2-9H,17H2,1H3. The Morgan fingerprint density at radius 1 is 1.17 bits per heavy atom. The van der Waals surface area contributed by atoms with Crippen LogP contribution in [0.1, 0.15) is 18.5 Å². The van der Waals surface area contributed by atoms with E-state index in [1.165, 1.54) is 12.1 Å². The van der Waals surface area contributed by atoms with E-state index in [0.29, 0.717) is 16.5 Å². The first-order valence-electron chi connectivity index (χ1n) is 5.54. The van der Waals surface area contributed by atoms with Gasteiger partial charge in [0.15, 0.2) is 0 Å². The Morgan fingerprint density at radius 2 is 1.83 bits per heavy atom. The second-order valence-corrected chi connectivity index (χ2v) is 4.44. The fraction of sp³-hybridized carbons (Fsp3) is 0.143. The van der Waals surface area contributed by atoms with Gasteiger partial charge >= 0.3 is 0 Å². The van der Waals surface area contributed by atoms with Crippen molar-refractivity contribution in [3.63, 3.8) is 0 Å². The zero-order chi connectivity index (χ0) is 13.1. The van der Waals surface area contributed by atoms with Crippen molar-refractivity contribution in [2.75, 3.05) is 0 Å². The van der Waals surface area contributed by atoms with Crippen LogP contribution in [0.3, 0.4) is 0 Å². The van der Waals surface area contributed by atoms with Gasteiger partial charge in [0, 0.05) is 6.04 Å². The molecule has 0 amide bonds. The fourth-order valence-corrected chi connectivity index (χ4v) is 1.74. The van der Waals surface area contributed by atoms with Crippen LogP contribution in [0.2, 0.25) is 5.02 Å². The van der Waals surface area contributed by atoms with Crippen LogP contribution in [0.4, 0.5) is 4.39 Å². The van der Waals surface area contributed by atoms with E-state index in [2.05, 4.69) is 0 Å². The van der Waals surface area contributed by atoms with Crippen LogP contribution in [0.25, 0.3) is 0 Å². The molecular weight excluding hydrogens is 253 g/mol. The van der Waals surface area contributed by atoms with Gasteiger partial charge in [-0.25, -0.2) is 4.39 Å². The lowest BCUT2D eigenvalue weighted by Gasteiger charge is -2.10. The molecule has 0 bridgehead atoms. The molecule has 2 aromatic rings. The van der Waals surface area contributed by atoms with Gasteiger partial charge in [-0.3, -0.25) is 0 Å². The lowest BCUT2D eigenvalue weighted by molar-refractivity contribution is 0.480. The molecule has 0 aromatic heterocycles. The van der Waals surface area contributed by atoms with Crippen molar-refractivity contribution in [3.8, 4) is 11.5 Å². The monoisotopic (exact) mass is 265 g/mol. The summed E-state index contributed by atoms with van der Waals surface area (Å²) in [5.74, 6) is 0.750. The third-order valence-corrected chi connectivity index (χ3v) is 2.82. The van der Waals surface area contributed by atoms with E-state index >= 15 is 0 Å². The van der Waals surface area contributed by atoms with Crippen molar-refractivity contribution in [2.24, 2.45) is 5.73 Å². The molecule has 0 aliphatic carbocycles. The zero-order valence-corrected chi connectivity index (χ0v) is 10.6.